The molecule has 2 aliphatic heterocycles. The fraction of sp³-hybridized carbons (Fsp3) is 0.400. The lowest BCUT2D eigenvalue weighted by Gasteiger charge is -2.40. The minimum Gasteiger partial charge on any atom is -0.444 e. The van der Waals surface area contributed by atoms with Gasteiger partial charge in [0.25, 0.3) is 0 Å². The Bertz CT molecular complexity index is 1550. The van der Waals surface area contributed by atoms with Crippen molar-refractivity contribution < 1.29 is 13.9 Å². The highest BCUT2D eigenvalue weighted by atomic mass is 19.1. The van der Waals surface area contributed by atoms with E-state index in [1.807, 2.05) is 61.7 Å². The molecule has 0 unspecified atom stereocenters. The fourth-order valence-corrected chi connectivity index (χ4v) is 5.41. The second kappa shape index (κ2) is 11.0. The molecule has 2 fully saturated rings. The van der Waals surface area contributed by atoms with Gasteiger partial charge in [0, 0.05) is 25.7 Å². The van der Waals surface area contributed by atoms with E-state index in [0.29, 0.717) is 6.67 Å². The number of fused-ring (bicyclic) bond motifs is 1. The summed E-state index contributed by atoms with van der Waals surface area (Å²) in [5.74, 6) is 1.48. The molecule has 2 N–H and O–H groups in total. The van der Waals surface area contributed by atoms with E-state index in [1.165, 1.54) is 6.07 Å². The Morgan fingerprint density at radius 3 is 2.73 bits per heavy atom. The Morgan fingerprint density at radius 2 is 1.93 bits per heavy atom. The number of carbonyl (C=O) groups is 1. The molecular weight excluding hydrogens is 523 g/mol. The summed E-state index contributed by atoms with van der Waals surface area (Å²) in [5, 5.41) is 11.0. The molecule has 2 aliphatic rings. The van der Waals surface area contributed by atoms with Crippen molar-refractivity contribution in [2.24, 2.45) is 0 Å². The summed E-state index contributed by atoms with van der Waals surface area (Å²) in [6.45, 7) is 8.26. The normalized spacial score (nSPS) is 17.6. The molecule has 0 radical (unpaired) electrons. The largest absolute Gasteiger partial charge is 0.444 e. The van der Waals surface area contributed by atoms with Crippen LogP contribution in [0, 0.1) is 5.82 Å². The molecule has 6 rings (SSSR count). The molecule has 1 amide bonds. The average Bonchev–Trinajstić information content (AvgIpc) is 3.56. The Balaban J connectivity index is 1.13. The number of hydrogen-bond acceptors (Lipinski definition) is 8. The maximum Gasteiger partial charge on any atom is 0.408 e. The van der Waals surface area contributed by atoms with E-state index in [9.17, 15) is 9.18 Å². The van der Waals surface area contributed by atoms with Crippen molar-refractivity contribution in [2.45, 2.75) is 51.3 Å². The number of rotatable bonds is 7. The minimum absolute atomic E-state index is 0.0800. The molecule has 4 aromatic rings. The molecule has 0 saturated carbocycles. The standard InChI is InChI=1S/C30H35FN8O2/c1-30(2,3)41-29(40)34-19-33-22-17-37(18-22)27-11-5-9-23(35-27)25-16-32-26-12-13-28(36-39(25)26)38-14-6-10-24(38)20-7-4-8-21(31)15-20/h4-5,7-9,11-13,15-16,22,24,33H,6,10,14,17-19H2,1-3H3,(H,34,40)/t24-/m1/s1. The van der Waals surface area contributed by atoms with Gasteiger partial charge in [-0.25, -0.2) is 23.7 Å². The van der Waals surface area contributed by atoms with Crippen LogP contribution in [0.5, 0.6) is 0 Å². The Hall–Kier alpha value is -4.25. The summed E-state index contributed by atoms with van der Waals surface area (Å²) in [4.78, 5) is 25.8. The number of nitrogens with one attached hydrogen (secondary N) is 2. The highest BCUT2D eigenvalue weighted by Gasteiger charge is 2.29. The van der Waals surface area contributed by atoms with Gasteiger partial charge in [0.2, 0.25) is 0 Å². The number of pyridine rings is 1. The van der Waals surface area contributed by atoms with Crippen LogP contribution < -0.4 is 20.4 Å². The van der Waals surface area contributed by atoms with Gasteiger partial charge < -0.3 is 19.9 Å². The van der Waals surface area contributed by atoms with Crippen molar-refractivity contribution in [2.75, 3.05) is 36.1 Å². The third-order valence-corrected chi connectivity index (χ3v) is 7.35. The van der Waals surface area contributed by atoms with Gasteiger partial charge >= 0.3 is 6.09 Å². The molecule has 5 heterocycles. The second-order valence-corrected chi connectivity index (χ2v) is 11.6. The van der Waals surface area contributed by atoms with Crippen molar-refractivity contribution in [3.05, 3.63) is 72.2 Å². The van der Waals surface area contributed by atoms with Crippen LogP contribution in [0.1, 0.15) is 45.2 Å². The highest BCUT2D eigenvalue weighted by molar-refractivity contribution is 5.67. The minimum atomic E-state index is -0.522. The van der Waals surface area contributed by atoms with E-state index in [0.717, 1.165) is 66.7 Å². The average molecular weight is 559 g/mol. The summed E-state index contributed by atoms with van der Waals surface area (Å²) in [6.07, 6.45) is 3.33. The fourth-order valence-electron chi connectivity index (χ4n) is 5.41. The lowest BCUT2D eigenvalue weighted by Crippen LogP contribution is -2.60. The molecule has 0 spiro atoms. The maximum atomic E-state index is 14.0. The van der Waals surface area contributed by atoms with Crippen LogP contribution in [0.15, 0.2) is 60.8 Å². The molecule has 41 heavy (non-hydrogen) atoms. The van der Waals surface area contributed by atoms with Crippen molar-refractivity contribution in [3.8, 4) is 11.4 Å². The summed E-state index contributed by atoms with van der Waals surface area (Å²) in [6, 6.07) is 17.1. The first-order valence-electron chi connectivity index (χ1n) is 14.0. The van der Waals surface area contributed by atoms with Crippen molar-refractivity contribution in [3.63, 3.8) is 0 Å². The molecule has 1 aromatic carbocycles. The van der Waals surface area contributed by atoms with Crippen molar-refractivity contribution in [1.82, 2.24) is 30.2 Å². The number of amides is 1. The zero-order valence-electron chi connectivity index (χ0n) is 23.5. The Labute approximate surface area is 238 Å². The SMILES string of the molecule is CC(C)(C)OC(=O)NCNC1CN(c2cccc(-c3cnc4ccc(N5CCC[C@@H]5c5cccc(F)c5)nn34)n2)C1. The third kappa shape index (κ3) is 5.95. The van der Waals surface area contributed by atoms with E-state index >= 15 is 0 Å². The predicted molar refractivity (Wildman–Crippen MR) is 155 cm³/mol. The van der Waals surface area contributed by atoms with Crippen LogP contribution in [-0.2, 0) is 4.74 Å². The number of anilines is 2. The van der Waals surface area contributed by atoms with Gasteiger partial charge in [-0.05, 0) is 75.6 Å². The predicted octanol–water partition coefficient (Wildman–Crippen LogP) is 4.53. The smallest absolute Gasteiger partial charge is 0.408 e. The zero-order chi connectivity index (χ0) is 28.6. The van der Waals surface area contributed by atoms with Gasteiger partial charge in [0.15, 0.2) is 5.65 Å². The second-order valence-electron chi connectivity index (χ2n) is 11.6. The van der Waals surface area contributed by atoms with E-state index in [2.05, 4.69) is 25.4 Å². The lowest BCUT2D eigenvalue weighted by atomic mass is 10.0. The van der Waals surface area contributed by atoms with E-state index < -0.39 is 11.7 Å². The van der Waals surface area contributed by atoms with Gasteiger partial charge in [0.1, 0.15) is 28.7 Å². The van der Waals surface area contributed by atoms with Crippen LogP contribution in [0.3, 0.4) is 0 Å². The summed E-state index contributed by atoms with van der Waals surface area (Å²) < 4.78 is 21.1. The first-order chi connectivity index (χ1) is 19.7. The number of imidazole rings is 1. The number of halogens is 1. The van der Waals surface area contributed by atoms with Crippen LogP contribution in [0.2, 0.25) is 0 Å². The summed E-state index contributed by atoms with van der Waals surface area (Å²) in [5.41, 5.74) is 2.77. The molecule has 11 heteroatoms. The van der Waals surface area contributed by atoms with Crippen LogP contribution >= 0.6 is 0 Å². The number of benzene rings is 1. The van der Waals surface area contributed by atoms with Gasteiger partial charge in [-0.2, -0.15) is 0 Å². The zero-order valence-corrected chi connectivity index (χ0v) is 23.5. The number of carbonyl (C=O) groups excluding carboxylic acids is 1. The molecule has 10 nitrogen and oxygen atoms in total. The van der Waals surface area contributed by atoms with Crippen molar-refractivity contribution in [1.29, 1.82) is 0 Å². The van der Waals surface area contributed by atoms with Crippen LogP contribution in [0.25, 0.3) is 17.0 Å². The number of hydrogen-bond donors (Lipinski definition) is 2. The molecular formula is C30H35FN8O2. The summed E-state index contributed by atoms with van der Waals surface area (Å²) in [7, 11) is 0. The molecule has 0 aliphatic carbocycles. The van der Waals surface area contributed by atoms with E-state index in [4.69, 9.17) is 14.8 Å². The Morgan fingerprint density at radius 1 is 1.10 bits per heavy atom. The van der Waals surface area contributed by atoms with Gasteiger partial charge in [0.05, 0.1) is 24.6 Å². The lowest BCUT2D eigenvalue weighted by molar-refractivity contribution is 0.0521. The van der Waals surface area contributed by atoms with Crippen LogP contribution in [-0.4, -0.2) is 63.6 Å². The van der Waals surface area contributed by atoms with Gasteiger partial charge in [-0.3, -0.25) is 5.32 Å². The molecule has 3 aromatic heterocycles. The first-order valence-corrected chi connectivity index (χ1v) is 14.0. The number of aromatic nitrogens is 4. The molecule has 0 bridgehead atoms. The molecule has 1 atom stereocenters. The molecule has 2 saturated heterocycles. The first kappa shape index (κ1) is 26.9. The number of ether oxygens (including phenoxy) is 1. The monoisotopic (exact) mass is 558 g/mol. The van der Waals surface area contributed by atoms with Crippen LogP contribution in [0.4, 0.5) is 20.8 Å². The quantitative estimate of drug-likeness (QED) is 0.319. The Kier molecular flexibility index (Phi) is 7.21. The summed E-state index contributed by atoms with van der Waals surface area (Å²) >= 11 is 0. The van der Waals surface area contributed by atoms with Gasteiger partial charge in [-0.1, -0.05) is 18.2 Å². The maximum absolute atomic E-state index is 14.0. The highest BCUT2D eigenvalue weighted by Crippen LogP contribution is 2.36. The number of nitrogens with zero attached hydrogens (tertiary/aromatic N) is 6. The molecule has 214 valence electrons. The van der Waals surface area contributed by atoms with E-state index in [-0.39, 0.29) is 17.9 Å². The van der Waals surface area contributed by atoms with Gasteiger partial charge in [-0.15, -0.1) is 5.10 Å². The topological polar surface area (TPSA) is 99.9 Å². The van der Waals surface area contributed by atoms with E-state index in [1.54, 1.807) is 18.3 Å². The number of alkyl carbamates (subject to hydrolysis) is 1. The third-order valence-electron chi connectivity index (χ3n) is 7.35. The van der Waals surface area contributed by atoms with Crippen molar-refractivity contribution >= 4 is 23.4 Å².